The second-order valence-electron chi connectivity index (χ2n) is 4.46. The molecule has 0 spiro atoms. The quantitative estimate of drug-likeness (QED) is 0.694. The zero-order valence-electron chi connectivity index (χ0n) is 12.1. The molecule has 0 aliphatic carbocycles. The smallest absolute Gasteiger partial charge is 0.259 e. The summed E-state index contributed by atoms with van der Waals surface area (Å²) in [6.45, 7) is 3.66. The summed E-state index contributed by atoms with van der Waals surface area (Å²) < 4.78 is 13.8. The first-order chi connectivity index (χ1) is 10.1. The van der Waals surface area contributed by atoms with Crippen molar-refractivity contribution in [1.82, 2.24) is 9.97 Å². The number of aryl methyl sites for hydroxylation is 2. The van der Waals surface area contributed by atoms with Gasteiger partial charge in [0.2, 0.25) is 0 Å². The van der Waals surface area contributed by atoms with Crippen LogP contribution in [0.2, 0.25) is 0 Å². The van der Waals surface area contributed by atoms with Gasteiger partial charge in [0, 0.05) is 6.20 Å². The highest BCUT2D eigenvalue weighted by molar-refractivity contribution is 7.98. The second kappa shape index (κ2) is 6.67. The molecule has 1 aromatic carbocycles. The number of benzene rings is 1. The Balaban J connectivity index is 2.32. The van der Waals surface area contributed by atoms with E-state index in [1.54, 1.807) is 19.1 Å². The van der Waals surface area contributed by atoms with Crippen molar-refractivity contribution >= 4 is 23.4 Å². The highest BCUT2D eigenvalue weighted by atomic mass is 32.2. The standard InChI is InChI=1S/C15H16FN3OS/c1-4-12-10(8-17-15(18-12)21-3)14(20)19-13-9(2)6-5-7-11(13)16/h5-8H,4H2,1-3H3,(H,19,20). The van der Waals surface area contributed by atoms with Crippen LogP contribution >= 0.6 is 11.8 Å². The first-order valence-corrected chi connectivity index (χ1v) is 7.75. The van der Waals surface area contributed by atoms with E-state index in [1.807, 2.05) is 13.2 Å². The van der Waals surface area contributed by atoms with Crippen LogP contribution in [0.4, 0.5) is 10.1 Å². The molecule has 1 amide bonds. The van der Waals surface area contributed by atoms with Crippen molar-refractivity contribution in [1.29, 1.82) is 0 Å². The molecule has 0 atom stereocenters. The number of nitrogens with zero attached hydrogens (tertiary/aromatic N) is 2. The molecule has 4 nitrogen and oxygen atoms in total. The molecule has 0 saturated heterocycles. The van der Waals surface area contributed by atoms with Gasteiger partial charge >= 0.3 is 0 Å². The molecule has 1 heterocycles. The van der Waals surface area contributed by atoms with E-state index < -0.39 is 11.7 Å². The predicted molar refractivity (Wildman–Crippen MR) is 82.3 cm³/mol. The van der Waals surface area contributed by atoms with Gasteiger partial charge in [0.25, 0.3) is 5.91 Å². The second-order valence-corrected chi connectivity index (χ2v) is 5.23. The first-order valence-electron chi connectivity index (χ1n) is 6.53. The van der Waals surface area contributed by atoms with Crippen molar-refractivity contribution < 1.29 is 9.18 Å². The van der Waals surface area contributed by atoms with Crippen LogP contribution in [-0.4, -0.2) is 22.1 Å². The summed E-state index contributed by atoms with van der Waals surface area (Å²) in [7, 11) is 0. The van der Waals surface area contributed by atoms with E-state index in [0.717, 1.165) is 0 Å². The summed E-state index contributed by atoms with van der Waals surface area (Å²) in [5.74, 6) is -0.851. The Morgan fingerprint density at radius 1 is 1.43 bits per heavy atom. The molecule has 0 aliphatic heterocycles. The lowest BCUT2D eigenvalue weighted by atomic mass is 10.1. The minimum absolute atomic E-state index is 0.193. The van der Waals surface area contributed by atoms with E-state index in [9.17, 15) is 9.18 Å². The van der Waals surface area contributed by atoms with Gasteiger partial charge in [-0.1, -0.05) is 30.8 Å². The number of halogens is 1. The zero-order valence-corrected chi connectivity index (χ0v) is 12.9. The molecule has 2 rings (SSSR count). The van der Waals surface area contributed by atoms with Crippen LogP contribution < -0.4 is 5.32 Å². The van der Waals surface area contributed by atoms with E-state index in [1.165, 1.54) is 24.0 Å². The van der Waals surface area contributed by atoms with E-state index in [-0.39, 0.29) is 5.69 Å². The van der Waals surface area contributed by atoms with Crippen molar-refractivity contribution in [2.45, 2.75) is 25.4 Å². The Labute approximate surface area is 127 Å². The van der Waals surface area contributed by atoms with Crippen LogP contribution in [0.5, 0.6) is 0 Å². The van der Waals surface area contributed by atoms with E-state index in [2.05, 4.69) is 15.3 Å². The van der Waals surface area contributed by atoms with Crippen LogP contribution in [0.3, 0.4) is 0 Å². The summed E-state index contributed by atoms with van der Waals surface area (Å²) in [6, 6.07) is 4.66. The van der Waals surface area contributed by atoms with Crippen LogP contribution in [0.1, 0.15) is 28.5 Å². The number of aromatic nitrogens is 2. The minimum Gasteiger partial charge on any atom is -0.319 e. The molecule has 0 radical (unpaired) electrons. The van der Waals surface area contributed by atoms with Crippen LogP contribution in [-0.2, 0) is 6.42 Å². The maximum Gasteiger partial charge on any atom is 0.259 e. The molecule has 110 valence electrons. The summed E-state index contributed by atoms with van der Waals surface area (Å²) in [6.07, 6.45) is 3.97. The zero-order chi connectivity index (χ0) is 15.4. The number of hydrogen-bond acceptors (Lipinski definition) is 4. The third-order valence-electron chi connectivity index (χ3n) is 3.07. The van der Waals surface area contributed by atoms with Crippen molar-refractivity contribution in [3.8, 4) is 0 Å². The van der Waals surface area contributed by atoms with Gasteiger partial charge in [-0.3, -0.25) is 4.79 Å². The first kappa shape index (κ1) is 15.4. The summed E-state index contributed by atoms with van der Waals surface area (Å²) >= 11 is 1.41. The summed E-state index contributed by atoms with van der Waals surface area (Å²) in [5, 5.41) is 3.22. The third kappa shape index (κ3) is 3.39. The number of carbonyl (C=O) groups excluding carboxylic acids is 1. The van der Waals surface area contributed by atoms with Gasteiger partial charge in [-0.05, 0) is 31.2 Å². The van der Waals surface area contributed by atoms with E-state index in [0.29, 0.717) is 28.4 Å². The lowest BCUT2D eigenvalue weighted by molar-refractivity contribution is 0.102. The Bertz CT molecular complexity index is 656. The maximum atomic E-state index is 13.8. The van der Waals surface area contributed by atoms with Crippen LogP contribution in [0, 0.1) is 12.7 Å². The fraction of sp³-hybridized carbons (Fsp3) is 0.267. The maximum absolute atomic E-state index is 13.8. The lowest BCUT2D eigenvalue weighted by Gasteiger charge is -2.11. The van der Waals surface area contributed by atoms with Crippen molar-refractivity contribution in [3.05, 3.63) is 47.0 Å². The Kier molecular flexibility index (Phi) is 4.90. The van der Waals surface area contributed by atoms with Gasteiger partial charge < -0.3 is 5.32 Å². The lowest BCUT2D eigenvalue weighted by Crippen LogP contribution is -2.17. The molecule has 0 bridgehead atoms. The summed E-state index contributed by atoms with van der Waals surface area (Å²) in [5.41, 5.74) is 1.89. The monoisotopic (exact) mass is 305 g/mol. The molecule has 0 fully saturated rings. The topological polar surface area (TPSA) is 54.9 Å². The van der Waals surface area contributed by atoms with Gasteiger partial charge in [0.1, 0.15) is 5.82 Å². The average molecular weight is 305 g/mol. The minimum atomic E-state index is -0.456. The molecule has 0 saturated carbocycles. The fourth-order valence-electron chi connectivity index (χ4n) is 1.93. The van der Waals surface area contributed by atoms with Gasteiger partial charge in [-0.2, -0.15) is 0 Å². The van der Waals surface area contributed by atoms with Crippen molar-refractivity contribution in [2.24, 2.45) is 0 Å². The van der Waals surface area contributed by atoms with Crippen molar-refractivity contribution in [2.75, 3.05) is 11.6 Å². The Hall–Kier alpha value is -1.95. The molecule has 6 heteroatoms. The molecule has 1 N–H and O–H groups in total. The SMILES string of the molecule is CCc1nc(SC)ncc1C(=O)Nc1c(C)cccc1F. The number of amides is 1. The Morgan fingerprint density at radius 2 is 2.19 bits per heavy atom. The molecule has 0 aliphatic rings. The number of rotatable bonds is 4. The van der Waals surface area contributed by atoms with Crippen LogP contribution in [0.25, 0.3) is 0 Å². The van der Waals surface area contributed by atoms with Crippen molar-refractivity contribution in [3.63, 3.8) is 0 Å². The predicted octanol–water partition coefficient (Wildman–Crippen LogP) is 3.46. The normalized spacial score (nSPS) is 10.5. The molecular formula is C15H16FN3OS. The molecule has 2 aromatic rings. The fourth-order valence-corrected chi connectivity index (χ4v) is 2.29. The van der Waals surface area contributed by atoms with E-state index in [4.69, 9.17) is 0 Å². The van der Waals surface area contributed by atoms with Gasteiger partial charge in [0.05, 0.1) is 16.9 Å². The summed E-state index contributed by atoms with van der Waals surface area (Å²) in [4.78, 5) is 20.8. The molecule has 1 aromatic heterocycles. The molecule has 0 unspecified atom stereocenters. The van der Waals surface area contributed by atoms with Gasteiger partial charge in [-0.25, -0.2) is 14.4 Å². The van der Waals surface area contributed by atoms with Crippen LogP contribution in [0.15, 0.2) is 29.6 Å². The highest BCUT2D eigenvalue weighted by Gasteiger charge is 2.16. The number of thioether (sulfide) groups is 1. The number of hydrogen-bond donors (Lipinski definition) is 1. The Morgan fingerprint density at radius 3 is 2.81 bits per heavy atom. The van der Waals surface area contributed by atoms with Gasteiger partial charge in [0.15, 0.2) is 5.16 Å². The third-order valence-corrected chi connectivity index (χ3v) is 3.63. The number of para-hydroxylation sites is 1. The largest absolute Gasteiger partial charge is 0.319 e. The number of anilines is 1. The number of carbonyl (C=O) groups is 1. The van der Waals surface area contributed by atoms with Gasteiger partial charge in [-0.15, -0.1) is 0 Å². The average Bonchev–Trinajstić information content (AvgIpc) is 2.50. The molecule has 21 heavy (non-hydrogen) atoms. The van der Waals surface area contributed by atoms with E-state index >= 15 is 0 Å². The highest BCUT2D eigenvalue weighted by Crippen LogP contribution is 2.20. The number of nitrogens with one attached hydrogen (secondary N) is 1. The molecular weight excluding hydrogens is 289 g/mol.